The second kappa shape index (κ2) is 6.76. The lowest BCUT2D eigenvalue weighted by molar-refractivity contribution is 0.227. The Morgan fingerprint density at radius 3 is 3.00 bits per heavy atom. The number of methoxy groups -OCH3 is 1. The van der Waals surface area contributed by atoms with Gasteiger partial charge in [-0.05, 0) is 45.5 Å². The number of rotatable bonds is 3. The van der Waals surface area contributed by atoms with E-state index in [1.807, 2.05) is 12.1 Å². The van der Waals surface area contributed by atoms with Crippen molar-refractivity contribution in [1.29, 1.82) is 0 Å². The molecule has 100 valence electrons. The van der Waals surface area contributed by atoms with Crippen LogP contribution in [0.3, 0.4) is 0 Å². The summed E-state index contributed by atoms with van der Waals surface area (Å²) in [5.74, 6) is 1.01. The maximum absolute atomic E-state index is 5.42. The third kappa shape index (κ3) is 3.72. The van der Waals surface area contributed by atoms with Crippen LogP contribution in [0.25, 0.3) is 0 Å². The lowest BCUT2D eigenvalue weighted by Crippen LogP contribution is -2.38. The molecule has 1 aliphatic rings. The standard InChI is InChI=1S/C15H24N2O/c1-13-8-11-17(10-5-9-16-13)12-14-6-3-4-7-15(14)18-2/h3-4,6-7,13,16H,5,8-12H2,1-2H3. The topological polar surface area (TPSA) is 24.5 Å². The highest BCUT2D eigenvalue weighted by atomic mass is 16.5. The maximum atomic E-state index is 5.42. The van der Waals surface area contributed by atoms with E-state index in [-0.39, 0.29) is 0 Å². The fourth-order valence-electron chi connectivity index (χ4n) is 2.47. The molecule has 0 saturated carbocycles. The number of nitrogens with one attached hydrogen (secondary N) is 1. The Bertz CT molecular complexity index is 367. The molecule has 1 saturated heterocycles. The molecule has 3 heteroatoms. The van der Waals surface area contributed by atoms with Gasteiger partial charge in [-0.1, -0.05) is 18.2 Å². The van der Waals surface area contributed by atoms with Crippen molar-refractivity contribution >= 4 is 0 Å². The van der Waals surface area contributed by atoms with Crippen LogP contribution in [0.5, 0.6) is 5.75 Å². The van der Waals surface area contributed by atoms with Gasteiger partial charge in [0.15, 0.2) is 0 Å². The summed E-state index contributed by atoms with van der Waals surface area (Å²) in [6, 6.07) is 8.96. The third-order valence-corrected chi connectivity index (χ3v) is 3.61. The van der Waals surface area contributed by atoms with Gasteiger partial charge in [-0.2, -0.15) is 0 Å². The van der Waals surface area contributed by atoms with E-state index in [2.05, 4.69) is 29.3 Å². The summed E-state index contributed by atoms with van der Waals surface area (Å²) in [6.07, 6.45) is 2.44. The van der Waals surface area contributed by atoms with Gasteiger partial charge >= 0.3 is 0 Å². The monoisotopic (exact) mass is 248 g/mol. The molecule has 0 aromatic heterocycles. The van der Waals surface area contributed by atoms with Crippen LogP contribution in [-0.4, -0.2) is 37.7 Å². The quantitative estimate of drug-likeness (QED) is 0.888. The first-order valence-corrected chi connectivity index (χ1v) is 6.87. The summed E-state index contributed by atoms with van der Waals surface area (Å²) in [7, 11) is 1.75. The zero-order chi connectivity index (χ0) is 12.8. The second-order valence-corrected chi connectivity index (χ2v) is 5.09. The molecule has 2 rings (SSSR count). The van der Waals surface area contributed by atoms with Gasteiger partial charge in [-0.15, -0.1) is 0 Å². The van der Waals surface area contributed by atoms with E-state index in [1.165, 1.54) is 18.4 Å². The average molecular weight is 248 g/mol. The molecule has 1 aromatic carbocycles. The van der Waals surface area contributed by atoms with Crippen molar-refractivity contribution in [2.24, 2.45) is 0 Å². The zero-order valence-electron chi connectivity index (χ0n) is 11.5. The first-order valence-electron chi connectivity index (χ1n) is 6.87. The molecule has 1 atom stereocenters. The summed E-state index contributed by atoms with van der Waals surface area (Å²) in [6.45, 7) is 6.72. The number of ether oxygens (including phenoxy) is 1. The van der Waals surface area contributed by atoms with Crippen LogP contribution >= 0.6 is 0 Å². The van der Waals surface area contributed by atoms with Crippen molar-refractivity contribution in [3.8, 4) is 5.75 Å². The van der Waals surface area contributed by atoms with Crippen molar-refractivity contribution in [3.05, 3.63) is 29.8 Å². The molecule has 1 unspecified atom stereocenters. The number of hydrogen-bond acceptors (Lipinski definition) is 3. The Labute approximate surface area is 110 Å². The molecule has 1 N–H and O–H groups in total. The molecule has 18 heavy (non-hydrogen) atoms. The van der Waals surface area contributed by atoms with Crippen molar-refractivity contribution in [2.45, 2.75) is 32.4 Å². The minimum atomic E-state index is 0.630. The Kier molecular flexibility index (Phi) is 5.02. The molecule has 1 fully saturated rings. The van der Waals surface area contributed by atoms with E-state index >= 15 is 0 Å². The molecular weight excluding hydrogens is 224 g/mol. The van der Waals surface area contributed by atoms with Gasteiger partial charge in [-0.25, -0.2) is 0 Å². The van der Waals surface area contributed by atoms with Crippen molar-refractivity contribution in [2.75, 3.05) is 26.7 Å². The zero-order valence-corrected chi connectivity index (χ0v) is 11.5. The summed E-state index contributed by atoms with van der Waals surface area (Å²) >= 11 is 0. The fourth-order valence-corrected chi connectivity index (χ4v) is 2.47. The van der Waals surface area contributed by atoms with E-state index in [0.29, 0.717) is 6.04 Å². The van der Waals surface area contributed by atoms with Gasteiger partial charge < -0.3 is 10.1 Å². The fraction of sp³-hybridized carbons (Fsp3) is 0.600. The van der Waals surface area contributed by atoms with Crippen LogP contribution < -0.4 is 10.1 Å². The van der Waals surface area contributed by atoms with Gasteiger partial charge in [0, 0.05) is 18.2 Å². The number of nitrogens with zero attached hydrogens (tertiary/aromatic N) is 1. The normalized spacial score (nSPS) is 22.2. The molecule has 3 nitrogen and oxygen atoms in total. The SMILES string of the molecule is COc1ccccc1CN1CCCNC(C)CC1. The van der Waals surface area contributed by atoms with Gasteiger partial charge in [0.1, 0.15) is 5.75 Å². The Balaban J connectivity index is 1.98. The number of hydrogen-bond donors (Lipinski definition) is 1. The van der Waals surface area contributed by atoms with Crippen molar-refractivity contribution in [3.63, 3.8) is 0 Å². The maximum Gasteiger partial charge on any atom is 0.123 e. The number of para-hydroxylation sites is 1. The van der Waals surface area contributed by atoms with Crippen LogP contribution in [0.4, 0.5) is 0 Å². The van der Waals surface area contributed by atoms with Crippen LogP contribution in [-0.2, 0) is 6.54 Å². The van der Waals surface area contributed by atoms with Gasteiger partial charge in [0.05, 0.1) is 7.11 Å². The van der Waals surface area contributed by atoms with Crippen LogP contribution in [0.2, 0.25) is 0 Å². The summed E-state index contributed by atoms with van der Waals surface area (Å²) in [5.41, 5.74) is 1.29. The smallest absolute Gasteiger partial charge is 0.123 e. The minimum absolute atomic E-state index is 0.630. The van der Waals surface area contributed by atoms with Gasteiger partial charge in [0.25, 0.3) is 0 Å². The third-order valence-electron chi connectivity index (χ3n) is 3.61. The molecular formula is C15H24N2O. The van der Waals surface area contributed by atoms with E-state index in [0.717, 1.165) is 31.9 Å². The highest BCUT2D eigenvalue weighted by Gasteiger charge is 2.13. The first kappa shape index (κ1) is 13.4. The van der Waals surface area contributed by atoms with Crippen LogP contribution in [0.1, 0.15) is 25.3 Å². The Morgan fingerprint density at radius 1 is 1.33 bits per heavy atom. The van der Waals surface area contributed by atoms with Crippen molar-refractivity contribution in [1.82, 2.24) is 10.2 Å². The van der Waals surface area contributed by atoms with E-state index in [1.54, 1.807) is 7.11 Å². The summed E-state index contributed by atoms with van der Waals surface area (Å²) < 4.78 is 5.42. The first-order chi connectivity index (χ1) is 8.79. The van der Waals surface area contributed by atoms with Crippen LogP contribution in [0, 0.1) is 0 Å². The molecule has 0 bridgehead atoms. The lowest BCUT2D eigenvalue weighted by Gasteiger charge is -2.28. The lowest BCUT2D eigenvalue weighted by atomic mass is 10.1. The highest BCUT2D eigenvalue weighted by Crippen LogP contribution is 2.19. The molecule has 0 radical (unpaired) electrons. The van der Waals surface area contributed by atoms with E-state index < -0.39 is 0 Å². The summed E-state index contributed by atoms with van der Waals surface area (Å²) in [5, 5.41) is 3.54. The second-order valence-electron chi connectivity index (χ2n) is 5.09. The minimum Gasteiger partial charge on any atom is -0.496 e. The molecule has 0 amide bonds. The summed E-state index contributed by atoms with van der Waals surface area (Å²) in [4.78, 5) is 2.54. The molecule has 1 aromatic rings. The Hall–Kier alpha value is -1.06. The molecule has 0 spiro atoms. The average Bonchev–Trinajstić information content (AvgIpc) is 2.38. The Morgan fingerprint density at radius 2 is 2.17 bits per heavy atom. The van der Waals surface area contributed by atoms with E-state index in [4.69, 9.17) is 4.74 Å². The predicted molar refractivity (Wildman–Crippen MR) is 75.0 cm³/mol. The van der Waals surface area contributed by atoms with Crippen molar-refractivity contribution < 1.29 is 4.74 Å². The highest BCUT2D eigenvalue weighted by molar-refractivity contribution is 5.33. The number of benzene rings is 1. The van der Waals surface area contributed by atoms with Gasteiger partial charge in [0.2, 0.25) is 0 Å². The predicted octanol–water partition coefficient (Wildman–Crippen LogP) is 2.27. The largest absolute Gasteiger partial charge is 0.496 e. The van der Waals surface area contributed by atoms with E-state index in [9.17, 15) is 0 Å². The van der Waals surface area contributed by atoms with Gasteiger partial charge in [-0.3, -0.25) is 4.90 Å². The molecule has 0 aliphatic carbocycles. The molecule has 1 heterocycles. The molecule has 1 aliphatic heterocycles. The van der Waals surface area contributed by atoms with Crippen LogP contribution in [0.15, 0.2) is 24.3 Å².